The Labute approximate surface area is 98.0 Å². The quantitative estimate of drug-likeness (QED) is 0.875. The molecule has 78 valence electrons. The first-order chi connectivity index (χ1) is 7.25. The molecule has 0 aliphatic carbocycles. The Balaban J connectivity index is 2.05. The van der Waals surface area contributed by atoms with E-state index in [1.54, 1.807) is 0 Å². The van der Waals surface area contributed by atoms with Crippen LogP contribution in [0.1, 0.15) is 4.44 Å². The Bertz CT molecular complexity index is 445. The maximum atomic E-state index is 10.4. The summed E-state index contributed by atoms with van der Waals surface area (Å²) in [7, 11) is 0. The van der Waals surface area contributed by atoms with Gasteiger partial charge in [-0.1, -0.05) is 0 Å². The topological polar surface area (TPSA) is 37.3 Å². The summed E-state index contributed by atoms with van der Waals surface area (Å²) in [5.74, 6) is 0.314. The van der Waals surface area contributed by atoms with Crippen LogP contribution in [0.5, 0.6) is 0 Å². The van der Waals surface area contributed by atoms with Crippen LogP contribution in [0.15, 0.2) is 30.3 Å². The van der Waals surface area contributed by atoms with Crippen LogP contribution in [-0.2, 0) is 10.5 Å². The van der Waals surface area contributed by atoms with E-state index in [1.807, 2.05) is 6.07 Å². The molecule has 0 spiro atoms. The van der Waals surface area contributed by atoms with E-state index in [0.717, 1.165) is 5.75 Å². The zero-order valence-electron chi connectivity index (χ0n) is 7.97. The first-order valence-electron chi connectivity index (χ1n) is 4.53. The molecule has 0 fully saturated rings. The molecule has 0 amide bonds. The number of rotatable bonds is 4. The van der Waals surface area contributed by atoms with E-state index in [1.165, 1.54) is 25.8 Å². The van der Waals surface area contributed by atoms with Gasteiger partial charge in [-0.05, 0) is 0 Å². The van der Waals surface area contributed by atoms with Crippen LogP contribution in [-0.4, -0.2) is 31.3 Å². The van der Waals surface area contributed by atoms with Gasteiger partial charge in [0.25, 0.3) is 0 Å². The number of hydrogen-bond donors (Lipinski definition) is 1. The molecule has 2 nitrogen and oxygen atoms in total. The minimum absolute atomic E-state index is 0.198. The van der Waals surface area contributed by atoms with Gasteiger partial charge in [-0.3, -0.25) is 0 Å². The van der Waals surface area contributed by atoms with Crippen LogP contribution in [0.25, 0.3) is 9.65 Å². The summed E-state index contributed by atoms with van der Waals surface area (Å²) in [4.78, 5) is 10.4. The van der Waals surface area contributed by atoms with Crippen LogP contribution >= 0.6 is 11.8 Å². The Hall–Kier alpha value is -0.701. The van der Waals surface area contributed by atoms with Crippen LogP contribution in [0.4, 0.5) is 0 Å². The van der Waals surface area contributed by atoms with Crippen molar-refractivity contribution in [3.8, 4) is 0 Å². The van der Waals surface area contributed by atoms with Crippen molar-refractivity contribution in [2.45, 2.75) is 5.75 Å². The molecule has 0 aliphatic heterocycles. The predicted molar refractivity (Wildman–Crippen MR) is 64.7 cm³/mol. The normalized spacial score (nSPS) is 10.7. The summed E-state index contributed by atoms with van der Waals surface area (Å²) in [6.45, 7) is 0. The van der Waals surface area contributed by atoms with E-state index in [4.69, 9.17) is 5.11 Å². The van der Waals surface area contributed by atoms with E-state index >= 15 is 0 Å². The number of thioether (sulfide) groups is 1. The molecule has 0 unspecified atom stereocenters. The summed E-state index contributed by atoms with van der Waals surface area (Å²) in [6.07, 6.45) is 0. The van der Waals surface area contributed by atoms with Gasteiger partial charge in [-0.2, -0.15) is 0 Å². The molecule has 2 aromatic rings. The average molecular weight is 285 g/mol. The molecule has 1 aromatic carbocycles. The van der Waals surface area contributed by atoms with Crippen molar-refractivity contribution in [3.63, 3.8) is 0 Å². The molecular formula is C11H10O2SSe. The molecule has 15 heavy (non-hydrogen) atoms. The maximum absolute atomic E-state index is 10.4. The van der Waals surface area contributed by atoms with E-state index in [-0.39, 0.29) is 5.75 Å². The van der Waals surface area contributed by atoms with Crippen LogP contribution in [0.3, 0.4) is 0 Å². The van der Waals surface area contributed by atoms with Crippen LogP contribution in [0.2, 0.25) is 0 Å². The molecule has 0 bridgehead atoms. The van der Waals surface area contributed by atoms with Crippen molar-refractivity contribution in [2.24, 2.45) is 0 Å². The third-order valence-corrected chi connectivity index (χ3v) is 5.67. The molecule has 1 N–H and O–H groups in total. The number of carbonyl (C=O) groups is 1. The molecular weight excluding hydrogens is 275 g/mol. The molecule has 2 rings (SSSR count). The molecule has 0 radical (unpaired) electrons. The van der Waals surface area contributed by atoms with Crippen molar-refractivity contribution in [3.05, 3.63) is 34.8 Å². The number of aliphatic carboxylic acids is 1. The fraction of sp³-hybridized carbons (Fsp3) is 0.182. The zero-order valence-corrected chi connectivity index (χ0v) is 10.5. The standard InChI is InChI=1S/C11H10O2SSe/c12-11(13)7-14-6-9-5-8-3-1-2-4-10(8)15-9/h1-5H,6-7H2,(H,12,13). The number of hydrogen-bond acceptors (Lipinski definition) is 2. The molecule has 0 atom stereocenters. The summed E-state index contributed by atoms with van der Waals surface area (Å²) < 4.78 is 2.80. The third-order valence-electron chi connectivity index (χ3n) is 1.95. The van der Waals surface area contributed by atoms with E-state index in [2.05, 4.69) is 24.3 Å². The van der Waals surface area contributed by atoms with Crippen molar-refractivity contribution >= 4 is 41.9 Å². The fourth-order valence-corrected chi connectivity index (χ4v) is 4.67. The first-order valence-corrected chi connectivity index (χ1v) is 7.39. The predicted octanol–water partition coefficient (Wildman–Crippen LogP) is 2.21. The van der Waals surface area contributed by atoms with Gasteiger partial charge in [-0.15, -0.1) is 0 Å². The monoisotopic (exact) mass is 286 g/mol. The van der Waals surface area contributed by atoms with Gasteiger partial charge in [0.15, 0.2) is 0 Å². The Kier molecular flexibility index (Phi) is 3.52. The van der Waals surface area contributed by atoms with E-state index < -0.39 is 5.97 Å². The summed E-state index contributed by atoms with van der Waals surface area (Å²) in [6, 6.07) is 10.6. The molecule has 1 heterocycles. The minimum atomic E-state index is -0.733. The van der Waals surface area contributed by atoms with Crippen molar-refractivity contribution in [1.82, 2.24) is 0 Å². The first kappa shape index (κ1) is 10.8. The van der Waals surface area contributed by atoms with Crippen molar-refractivity contribution < 1.29 is 9.90 Å². The molecule has 0 aliphatic rings. The summed E-state index contributed by atoms with van der Waals surface area (Å²) in [5.41, 5.74) is 0. The van der Waals surface area contributed by atoms with E-state index in [0.29, 0.717) is 14.5 Å². The van der Waals surface area contributed by atoms with Gasteiger partial charge in [0.1, 0.15) is 0 Å². The molecule has 4 heteroatoms. The second-order valence-electron chi connectivity index (χ2n) is 3.14. The van der Waals surface area contributed by atoms with Gasteiger partial charge in [0, 0.05) is 0 Å². The SMILES string of the molecule is O=C(O)CSCc1cc2ccccc2[se]1. The van der Waals surface area contributed by atoms with Gasteiger partial charge < -0.3 is 0 Å². The van der Waals surface area contributed by atoms with Gasteiger partial charge in [-0.25, -0.2) is 0 Å². The van der Waals surface area contributed by atoms with Crippen molar-refractivity contribution in [2.75, 3.05) is 5.75 Å². The van der Waals surface area contributed by atoms with Gasteiger partial charge in [0.05, 0.1) is 0 Å². The van der Waals surface area contributed by atoms with Crippen LogP contribution in [0, 0.1) is 0 Å². The molecule has 1 aromatic heterocycles. The molecule has 0 saturated heterocycles. The second kappa shape index (κ2) is 4.88. The number of carboxylic acid groups (broad SMARTS) is 1. The number of fused-ring (bicyclic) bond motifs is 1. The fourth-order valence-electron chi connectivity index (χ4n) is 1.35. The second-order valence-corrected chi connectivity index (χ2v) is 6.57. The summed E-state index contributed by atoms with van der Waals surface area (Å²) >= 11 is 1.88. The van der Waals surface area contributed by atoms with E-state index in [9.17, 15) is 4.79 Å². The third kappa shape index (κ3) is 2.88. The number of carboxylic acids is 1. The van der Waals surface area contributed by atoms with Crippen molar-refractivity contribution in [1.29, 1.82) is 0 Å². The zero-order chi connectivity index (χ0) is 10.7. The average Bonchev–Trinajstić information content (AvgIpc) is 2.59. The Morgan fingerprint density at radius 1 is 1.40 bits per heavy atom. The van der Waals surface area contributed by atoms with Gasteiger partial charge in [0.2, 0.25) is 0 Å². The Morgan fingerprint density at radius 2 is 2.20 bits per heavy atom. The summed E-state index contributed by atoms with van der Waals surface area (Å²) in [5, 5.41) is 9.83. The van der Waals surface area contributed by atoms with Crippen LogP contribution < -0.4 is 0 Å². The molecule has 0 saturated carbocycles. The van der Waals surface area contributed by atoms with Gasteiger partial charge >= 0.3 is 98.1 Å². The Morgan fingerprint density at radius 3 is 2.93 bits per heavy atom. The number of benzene rings is 1.